The minimum absolute atomic E-state index is 0.118. The molecule has 2 rings (SSSR count). The van der Waals surface area contributed by atoms with Crippen LogP contribution in [0.4, 0.5) is 11.5 Å². The number of nitrogens with zero attached hydrogens (tertiary/aromatic N) is 3. The number of amides is 1. The number of carbonyl (C=O) groups excluding carboxylic acids is 1. The van der Waals surface area contributed by atoms with Gasteiger partial charge in [-0.05, 0) is 0 Å². The van der Waals surface area contributed by atoms with Crippen molar-refractivity contribution in [2.45, 2.75) is 0 Å². The second kappa shape index (κ2) is 2.19. The predicted octanol–water partition coefficient (Wildman–Crippen LogP) is -0.335. The Balaban J connectivity index is 2.41. The summed E-state index contributed by atoms with van der Waals surface area (Å²) in [4.78, 5) is 18.4. The van der Waals surface area contributed by atoms with Gasteiger partial charge in [-0.3, -0.25) is 10.1 Å². The first kappa shape index (κ1) is 6.09. The van der Waals surface area contributed by atoms with E-state index in [0.29, 0.717) is 11.5 Å². The van der Waals surface area contributed by atoms with Gasteiger partial charge in [0.25, 0.3) is 0 Å². The lowest BCUT2D eigenvalue weighted by Crippen LogP contribution is -2.27. The van der Waals surface area contributed by atoms with Crippen LogP contribution in [0, 0.1) is 0 Å². The third-order valence-electron chi connectivity index (χ3n) is 1.34. The van der Waals surface area contributed by atoms with Gasteiger partial charge in [0, 0.05) is 0 Å². The van der Waals surface area contributed by atoms with Crippen molar-refractivity contribution in [1.82, 2.24) is 15.3 Å². The summed E-state index contributed by atoms with van der Waals surface area (Å²) in [6, 6.07) is 0. The van der Waals surface area contributed by atoms with Crippen molar-refractivity contribution >= 4 is 17.4 Å². The second-order valence-electron chi connectivity index (χ2n) is 2.12. The van der Waals surface area contributed by atoms with Crippen LogP contribution in [0.5, 0.6) is 0 Å². The summed E-state index contributed by atoms with van der Waals surface area (Å²) in [6.45, 7) is 0.157. The average Bonchev–Trinajstić information content (AvgIpc) is 2.04. The molecule has 1 aliphatic rings. The lowest BCUT2D eigenvalue weighted by atomic mass is 10.3. The molecule has 1 aromatic heterocycles. The highest BCUT2D eigenvalue weighted by Crippen LogP contribution is 2.18. The largest absolute Gasteiger partial charge is 0.320 e. The van der Waals surface area contributed by atoms with Gasteiger partial charge >= 0.3 is 0 Å². The first-order valence-corrected chi connectivity index (χ1v) is 3.13. The van der Waals surface area contributed by atoms with Gasteiger partial charge in [0.2, 0.25) is 5.91 Å². The van der Waals surface area contributed by atoms with E-state index >= 15 is 0 Å². The molecule has 0 spiro atoms. The summed E-state index contributed by atoms with van der Waals surface area (Å²) in [7, 11) is 0. The van der Waals surface area contributed by atoms with Crippen LogP contribution in [0.1, 0.15) is 0 Å². The Morgan fingerprint density at radius 2 is 2.45 bits per heavy atom. The van der Waals surface area contributed by atoms with Crippen LogP contribution >= 0.6 is 0 Å². The molecule has 2 heterocycles. The second-order valence-corrected chi connectivity index (χ2v) is 2.12. The molecule has 0 fully saturated rings. The summed E-state index contributed by atoms with van der Waals surface area (Å²) < 4.78 is 0. The maximum Gasteiger partial charge on any atom is 0.246 e. The molecule has 0 unspecified atom stereocenters. The fraction of sp³-hybridized carbons (Fsp3) is 0.167. The summed E-state index contributed by atoms with van der Waals surface area (Å²) in [5, 5.41) is 6.51. The topological polar surface area (TPSA) is 69.0 Å². The molecule has 1 aromatic rings. The van der Waals surface area contributed by atoms with E-state index in [1.165, 1.54) is 12.5 Å². The van der Waals surface area contributed by atoms with Gasteiger partial charge in [-0.2, -0.15) is 0 Å². The standard InChI is InChI=1S/C6H5N4O/c11-5-2-8-6-4(10-5)1-7-3-9-6/h1,3H,2H2,(H,10,11). The zero-order valence-corrected chi connectivity index (χ0v) is 5.61. The monoisotopic (exact) mass is 149 g/mol. The number of aromatic nitrogens is 2. The minimum atomic E-state index is -0.118. The number of rotatable bonds is 0. The highest BCUT2D eigenvalue weighted by atomic mass is 16.2. The fourth-order valence-electron chi connectivity index (χ4n) is 0.874. The van der Waals surface area contributed by atoms with Crippen LogP contribution in [-0.4, -0.2) is 22.4 Å². The zero-order valence-electron chi connectivity index (χ0n) is 5.61. The fourth-order valence-corrected chi connectivity index (χ4v) is 0.874. The summed E-state index contributed by atoms with van der Waals surface area (Å²) >= 11 is 0. The molecular weight excluding hydrogens is 144 g/mol. The van der Waals surface area contributed by atoms with Crippen molar-refractivity contribution < 1.29 is 4.79 Å². The summed E-state index contributed by atoms with van der Waals surface area (Å²) in [5.74, 6) is 0.437. The van der Waals surface area contributed by atoms with Crippen LogP contribution in [0.3, 0.4) is 0 Å². The molecule has 1 radical (unpaired) electrons. The van der Waals surface area contributed by atoms with E-state index in [4.69, 9.17) is 0 Å². The molecule has 0 bridgehead atoms. The molecule has 0 aromatic carbocycles. The molecule has 11 heavy (non-hydrogen) atoms. The van der Waals surface area contributed by atoms with Crippen molar-refractivity contribution in [3.8, 4) is 0 Å². The molecule has 1 aliphatic heterocycles. The quantitative estimate of drug-likeness (QED) is 0.548. The minimum Gasteiger partial charge on any atom is -0.320 e. The van der Waals surface area contributed by atoms with Crippen LogP contribution < -0.4 is 10.6 Å². The molecule has 5 nitrogen and oxygen atoms in total. The molecule has 0 saturated heterocycles. The van der Waals surface area contributed by atoms with Crippen LogP contribution in [0.2, 0.25) is 0 Å². The Hall–Kier alpha value is -1.65. The van der Waals surface area contributed by atoms with Crippen molar-refractivity contribution in [3.63, 3.8) is 0 Å². The lowest BCUT2D eigenvalue weighted by Gasteiger charge is -2.13. The molecule has 55 valence electrons. The van der Waals surface area contributed by atoms with Crippen LogP contribution in [0.15, 0.2) is 12.5 Å². The van der Waals surface area contributed by atoms with Crippen LogP contribution in [-0.2, 0) is 4.79 Å². The molecule has 1 N–H and O–H groups in total. The Morgan fingerprint density at radius 1 is 1.55 bits per heavy atom. The number of hydrogen-bond acceptors (Lipinski definition) is 3. The van der Waals surface area contributed by atoms with Gasteiger partial charge in [-0.1, -0.05) is 0 Å². The first-order chi connectivity index (χ1) is 5.36. The van der Waals surface area contributed by atoms with Gasteiger partial charge < -0.3 is 5.32 Å². The Bertz CT molecular complexity index is 298. The maximum absolute atomic E-state index is 10.8. The molecule has 0 saturated carbocycles. The Kier molecular flexibility index (Phi) is 1.21. The van der Waals surface area contributed by atoms with E-state index in [0.717, 1.165) is 0 Å². The van der Waals surface area contributed by atoms with Crippen molar-refractivity contribution in [2.75, 3.05) is 11.9 Å². The molecular formula is C6H5N4O. The van der Waals surface area contributed by atoms with Gasteiger partial charge in [0.05, 0.1) is 6.20 Å². The van der Waals surface area contributed by atoms with Gasteiger partial charge in [0.1, 0.15) is 18.6 Å². The van der Waals surface area contributed by atoms with E-state index in [9.17, 15) is 4.79 Å². The predicted molar refractivity (Wildman–Crippen MR) is 37.3 cm³/mol. The summed E-state index contributed by atoms with van der Waals surface area (Å²) in [6.07, 6.45) is 2.93. The molecule has 1 amide bonds. The Labute approximate surface area is 62.9 Å². The van der Waals surface area contributed by atoms with E-state index in [2.05, 4.69) is 20.6 Å². The van der Waals surface area contributed by atoms with Crippen molar-refractivity contribution in [1.29, 1.82) is 0 Å². The molecule has 5 heteroatoms. The third kappa shape index (κ3) is 1.000. The Morgan fingerprint density at radius 3 is 3.36 bits per heavy atom. The van der Waals surface area contributed by atoms with E-state index in [1.807, 2.05) is 0 Å². The van der Waals surface area contributed by atoms with E-state index in [-0.39, 0.29) is 12.5 Å². The first-order valence-electron chi connectivity index (χ1n) is 3.13. The zero-order chi connectivity index (χ0) is 7.68. The van der Waals surface area contributed by atoms with Crippen LogP contribution in [0.25, 0.3) is 0 Å². The van der Waals surface area contributed by atoms with Crippen molar-refractivity contribution in [2.24, 2.45) is 0 Å². The number of hydrogen-bond donors (Lipinski definition) is 1. The highest BCUT2D eigenvalue weighted by molar-refractivity contribution is 5.96. The number of anilines is 1. The smallest absolute Gasteiger partial charge is 0.246 e. The molecule has 0 aliphatic carbocycles. The average molecular weight is 149 g/mol. The summed E-state index contributed by atoms with van der Waals surface area (Å²) in [5.41, 5.74) is 0.587. The number of carbonyl (C=O) groups is 1. The number of nitrogens with one attached hydrogen (secondary N) is 1. The van der Waals surface area contributed by atoms with Gasteiger partial charge in [-0.15, -0.1) is 0 Å². The van der Waals surface area contributed by atoms with Gasteiger partial charge in [0.15, 0.2) is 5.82 Å². The highest BCUT2D eigenvalue weighted by Gasteiger charge is 2.15. The SMILES string of the molecule is O=C1C[N]c2ncncc2N1. The normalized spacial score (nSPS) is 14.7. The molecule has 0 atom stereocenters. The third-order valence-corrected chi connectivity index (χ3v) is 1.34. The van der Waals surface area contributed by atoms with Gasteiger partial charge in [-0.25, -0.2) is 9.97 Å². The van der Waals surface area contributed by atoms with E-state index < -0.39 is 0 Å². The maximum atomic E-state index is 10.8. The van der Waals surface area contributed by atoms with E-state index in [1.54, 1.807) is 0 Å². The van der Waals surface area contributed by atoms with Crippen molar-refractivity contribution in [3.05, 3.63) is 12.5 Å². The lowest BCUT2D eigenvalue weighted by molar-refractivity contribution is -0.115. The number of fused-ring (bicyclic) bond motifs is 1.